The summed E-state index contributed by atoms with van der Waals surface area (Å²) in [5.74, 6) is -3.54. The molecule has 0 N–H and O–H groups in total. The Kier molecular flexibility index (Phi) is 12.7. The molecule has 0 aliphatic heterocycles. The van der Waals surface area contributed by atoms with Crippen LogP contribution in [0.25, 0.3) is 0 Å². The van der Waals surface area contributed by atoms with Gasteiger partial charge in [0.15, 0.2) is 0 Å². The second kappa shape index (κ2) is 11.9. The predicted molar refractivity (Wildman–Crippen MR) is 71.4 cm³/mol. The SMILES string of the molecule is CC(=O)OCOS(=O)(=O)C(F)F.COc1ccccc1.[Na]. The van der Waals surface area contributed by atoms with Crippen LogP contribution >= 0.6 is 0 Å². The molecule has 6 nitrogen and oxygen atoms in total. The number of esters is 1. The minimum atomic E-state index is -4.90. The van der Waals surface area contributed by atoms with E-state index in [0.29, 0.717) is 0 Å². The van der Waals surface area contributed by atoms with Gasteiger partial charge in [0.05, 0.1) is 7.11 Å². The van der Waals surface area contributed by atoms with Crippen molar-refractivity contribution in [2.75, 3.05) is 13.9 Å². The normalized spacial score (nSPS) is 9.95. The molecule has 0 saturated carbocycles. The second-order valence-corrected chi connectivity index (χ2v) is 4.72. The Morgan fingerprint density at radius 2 is 1.76 bits per heavy atom. The number of benzene rings is 1. The van der Waals surface area contributed by atoms with Crippen LogP contribution in [0.4, 0.5) is 8.78 Å². The molecule has 0 heterocycles. The van der Waals surface area contributed by atoms with Crippen LogP contribution in [0, 0.1) is 0 Å². The van der Waals surface area contributed by atoms with Crippen molar-refractivity contribution >= 4 is 45.6 Å². The monoisotopic (exact) mass is 335 g/mol. The summed E-state index contributed by atoms with van der Waals surface area (Å²) in [6.45, 7) is -0.0413. The van der Waals surface area contributed by atoms with E-state index in [1.165, 1.54) is 0 Å². The predicted octanol–water partition coefficient (Wildman–Crippen LogP) is 1.39. The van der Waals surface area contributed by atoms with Crippen molar-refractivity contribution in [1.82, 2.24) is 0 Å². The number of carbonyl (C=O) groups excluding carboxylic acids is 1. The summed E-state index contributed by atoms with van der Waals surface area (Å²) in [7, 11) is -3.24. The van der Waals surface area contributed by atoms with Crippen molar-refractivity contribution in [1.29, 1.82) is 0 Å². The molecule has 1 aromatic carbocycles. The molecule has 0 saturated heterocycles. The Bertz CT molecular complexity index is 495. The molecule has 0 amide bonds. The fraction of sp³-hybridized carbons (Fsp3) is 0.364. The molecule has 0 aliphatic carbocycles. The van der Waals surface area contributed by atoms with E-state index >= 15 is 0 Å². The molecule has 115 valence electrons. The largest absolute Gasteiger partial charge is 0.497 e. The number of carbonyl (C=O) groups is 1. The van der Waals surface area contributed by atoms with E-state index in [0.717, 1.165) is 12.7 Å². The van der Waals surface area contributed by atoms with Gasteiger partial charge in [-0.15, -0.1) is 0 Å². The summed E-state index contributed by atoms with van der Waals surface area (Å²) in [6, 6.07) is 9.68. The van der Waals surface area contributed by atoms with E-state index in [9.17, 15) is 22.0 Å². The first-order valence-corrected chi connectivity index (χ1v) is 6.65. The third-order valence-corrected chi connectivity index (χ3v) is 2.53. The summed E-state index contributed by atoms with van der Waals surface area (Å²) in [6.07, 6.45) is 0. The molecular weight excluding hydrogens is 321 g/mol. The maximum Gasteiger partial charge on any atom is 0.361 e. The third kappa shape index (κ3) is 11.6. The summed E-state index contributed by atoms with van der Waals surface area (Å²) < 4.78 is 55.7. The molecule has 21 heavy (non-hydrogen) atoms. The molecule has 0 atom stereocenters. The van der Waals surface area contributed by atoms with Gasteiger partial charge in [-0.05, 0) is 12.1 Å². The van der Waals surface area contributed by atoms with Gasteiger partial charge in [0.25, 0.3) is 0 Å². The zero-order valence-electron chi connectivity index (χ0n) is 11.8. The summed E-state index contributed by atoms with van der Waals surface area (Å²) in [4.78, 5) is 10.0. The van der Waals surface area contributed by atoms with E-state index in [2.05, 4.69) is 8.92 Å². The number of methoxy groups -OCH3 is 1. The molecule has 0 aliphatic rings. The number of halogens is 2. The molecule has 10 heteroatoms. The minimum Gasteiger partial charge on any atom is -0.497 e. The molecule has 0 spiro atoms. The average molecular weight is 335 g/mol. The number of ether oxygens (including phenoxy) is 2. The minimum absolute atomic E-state index is 0. The van der Waals surface area contributed by atoms with Crippen molar-refractivity contribution in [2.45, 2.75) is 12.7 Å². The van der Waals surface area contributed by atoms with Gasteiger partial charge in [-0.2, -0.15) is 17.2 Å². The van der Waals surface area contributed by atoms with Gasteiger partial charge in [-0.1, -0.05) is 18.2 Å². The number of hydrogen-bond donors (Lipinski definition) is 0. The molecule has 0 aromatic heterocycles. The first kappa shape index (κ1) is 22.5. The molecule has 0 unspecified atom stereocenters. The van der Waals surface area contributed by atoms with Crippen LogP contribution in [0.3, 0.4) is 0 Å². The van der Waals surface area contributed by atoms with Gasteiger partial charge in [-0.3, -0.25) is 4.79 Å². The third-order valence-electron chi connectivity index (χ3n) is 1.67. The van der Waals surface area contributed by atoms with E-state index in [1.54, 1.807) is 7.11 Å². The maximum absolute atomic E-state index is 11.5. The van der Waals surface area contributed by atoms with Crippen molar-refractivity contribution < 1.29 is 35.6 Å². The fourth-order valence-corrected chi connectivity index (χ4v) is 1.07. The van der Waals surface area contributed by atoms with Crippen molar-refractivity contribution in [3.8, 4) is 5.75 Å². The van der Waals surface area contributed by atoms with Crippen LogP contribution in [-0.4, -0.2) is 63.6 Å². The molecule has 1 radical (unpaired) electrons. The first-order chi connectivity index (χ1) is 9.29. The Labute approximate surface area is 143 Å². The van der Waals surface area contributed by atoms with E-state index in [-0.39, 0.29) is 29.6 Å². The van der Waals surface area contributed by atoms with Crippen molar-refractivity contribution in [2.24, 2.45) is 0 Å². The van der Waals surface area contributed by atoms with Gasteiger partial charge in [-0.25, -0.2) is 4.18 Å². The van der Waals surface area contributed by atoms with Crippen LogP contribution in [0.15, 0.2) is 30.3 Å². The molecule has 0 bridgehead atoms. The van der Waals surface area contributed by atoms with Crippen molar-refractivity contribution in [3.63, 3.8) is 0 Å². The van der Waals surface area contributed by atoms with Crippen LogP contribution in [0.1, 0.15) is 6.92 Å². The molecular formula is C11H14F2NaO6S. The Hall–Kier alpha value is -0.740. The Morgan fingerprint density at radius 3 is 2.10 bits per heavy atom. The Morgan fingerprint density at radius 1 is 1.24 bits per heavy atom. The van der Waals surface area contributed by atoms with Gasteiger partial charge in [0.2, 0.25) is 6.79 Å². The zero-order valence-corrected chi connectivity index (χ0v) is 14.6. The Balaban J connectivity index is 0. The van der Waals surface area contributed by atoms with Crippen molar-refractivity contribution in [3.05, 3.63) is 30.3 Å². The van der Waals surface area contributed by atoms with Gasteiger partial charge in [0, 0.05) is 36.5 Å². The molecule has 1 aromatic rings. The van der Waals surface area contributed by atoms with Crippen LogP contribution in [-0.2, 0) is 23.8 Å². The summed E-state index contributed by atoms with van der Waals surface area (Å²) in [5.41, 5.74) is 0. The summed E-state index contributed by atoms with van der Waals surface area (Å²) >= 11 is 0. The number of hydrogen-bond acceptors (Lipinski definition) is 6. The van der Waals surface area contributed by atoms with Crippen LogP contribution < -0.4 is 4.74 Å². The maximum atomic E-state index is 11.5. The standard InChI is InChI=1S/C7H8O.C4H6F2O5S.Na/c1-8-7-5-3-2-4-6-7;1-3(7)10-2-11-12(8,9)4(5)6;/h2-6H,1H3;4H,2H2,1H3;. The number of alkyl halides is 2. The summed E-state index contributed by atoms with van der Waals surface area (Å²) in [5, 5.41) is 0. The molecule has 0 fully saturated rings. The average Bonchev–Trinajstić information content (AvgIpc) is 2.39. The van der Waals surface area contributed by atoms with E-state index in [1.807, 2.05) is 30.3 Å². The van der Waals surface area contributed by atoms with Gasteiger partial charge >= 0.3 is 21.8 Å². The zero-order chi connectivity index (χ0) is 15.6. The van der Waals surface area contributed by atoms with Gasteiger partial charge < -0.3 is 9.47 Å². The van der Waals surface area contributed by atoms with Crippen LogP contribution in [0.2, 0.25) is 0 Å². The number of para-hydroxylation sites is 1. The van der Waals surface area contributed by atoms with E-state index in [4.69, 9.17) is 4.74 Å². The smallest absolute Gasteiger partial charge is 0.361 e. The van der Waals surface area contributed by atoms with Crippen LogP contribution in [0.5, 0.6) is 5.75 Å². The quantitative estimate of drug-likeness (QED) is 0.350. The number of rotatable bonds is 5. The second-order valence-electron chi connectivity index (χ2n) is 3.14. The van der Waals surface area contributed by atoms with Gasteiger partial charge in [0.1, 0.15) is 5.75 Å². The molecule has 1 rings (SSSR count). The fourth-order valence-electron chi connectivity index (χ4n) is 0.782. The van der Waals surface area contributed by atoms with E-state index < -0.39 is 28.6 Å². The first-order valence-electron chi connectivity index (χ1n) is 5.18. The topological polar surface area (TPSA) is 78.9 Å².